The number of carbonyl (C=O) groups is 1. The van der Waals surface area contributed by atoms with E-state index in [1.54, 1.807) is 4.90 Å². The number of morpholine rings is 1. The molecule has 1 aromatic carbocycles. The van der Waals surface area contributed by atoms with Gasteiger partial charge in [0.1, 0.15) is 5.60 Å². The molecule has 0 bridgehead atoms. The molecule has 0 saturated carbocycles. The fourth-order valence-electron chi connectivity index (χ4n) is 2.19. The largest absolute Gasteiger partial charge is 0.444 e. The van der Waals surface area contributed by atoms with Gasteiger partial charge in [-0.3, -0.25) is 4.90 Å². The number of hydrogen-bond acceptors (Lipinski definition) is 3. The third-order valence-corrected chi connectivity index (χ3v) is 3.70. The van der Waals surface area contributed by atoms with Crippen LogP contribution in [0.2, 0.25) is 5.02 Å². The molecule has 0 spiro atoms. The van der Waals surface area contributed by atoms with Gasteiger partial charge in [-0.15, -0.1) is 0 Å². The molecule has 6 heteroatoms. The Labute approximate surface area is 138 Å². The van der Waals surface area contributed by atoms with Crippen molar-refractivity contribution < 1.29 is 14.3 Å². The molecule has 0 aliphatic carbocycles. The van der Waals surface area contributed by atoms with Crippen LogP contribution in [-0.2, 0) is 9.47 Å². The minimum absolute atomic E-state index is 0.191. The Kier molecular flexibility index (Phi) is 5.17. The van der Waals surface area contributed by atoms with E-state index in [0.29, 0.717) is 24.8 Å². The zero-order valence-electron chi connectivity index (χ0n) is 12.4. The van der Waals surface area contributed by atoms with Crippen molar-refractivity contribution in [2.45, 2.75) is 32.4 Å². The van der Waals surface area contributed by atoms with Gasteiger partial charge in [0.25, 0.3) is 0 Å². The molecule has 1 aliphatic rings. The van der Waals surface area contributed by atoms with Crippen LogP contribution in [-0.4, -0.2) is 36.4 Å². The second kappa shape index (κ2) is 6.55. The first-order valence-corrected chi connectivity index (χ1v) is 7.97. The van der Waals surface area contributed by atoms with Gasteiger partial charge in [-0.05, 0) is 44.5 Å². The predicted molar refractivity (Wildman–Crippen MR) is 85.7 cm³/mol. The van der Waals surface area contributed by atoms with E-state index in [-0.39, 0.29) is 12.1 Å². The lowest BCUT2D eigenvalue weighted by molar-refractivity contribution is -0.0331. The van der Waals surface area contributed by atoms with E-state index in [0.717, 1.165) is 10.0 Å². The summed E-state index contributed by atoms with van der Waals surface area (Å²) < 4.78 is 11.9. The molecule has 1 aliphatic heterocycles. The summed E-state index contributed by atoms with van der Waals surface area (Å²) in [5.74, 6) is 0. The number of hydrogen-bond donors (Lipinski definition) is 0. The highest BCUT2D eigenvalue weighted by Gasteiger charge is 2.32. The quantitative estimate of drug-likeness (QED) is 0.728. The Hall–Kier alpha value is -0.780. The maximum atomic E-state index is 12.4. The van der Waals surface area contributed by atoms with E-state index in [9.17, 15) is 4.79 Å². The molecule has 1 unspecified atom stereocenters. The Morgan fingerprint density at radius 2 is 2.14 bits per heavy atom. The SMILES string of the molecule is CC(C)(C)OC(=O)N1CCOCC1c1cc(Cl)cc(Br)c1. The van der Waals surface area contributed by atoms with Crippen molar-refractivity contribution in [2.24, 2.45) is 0 Å². The first-order chi connectivity index (χ1) is 9.76. The number of carbonyl (C=O) groups excluding carboxylic acids is 1. The summed E-state index contributed by atoms with van der Waals surface area (Å²) in [6, 6.07) is 5.42. The zero-order valence-corrected chi connectivity index (χ0v) is 14.7. The third-order valence-electron chi connectivity index (χ3n) is 3.03. The molecule has 1 aromatic rings. The van der Waals surface area contributed by atoms with Gasteiger partial charge in [0, 0.05) is 16.0 Å². The summed E-state index contributed by atoms with van der Waals surface area (Å²) in [5.41, 5.74) is 0.412. The van der Waals surface area contributed by atoms with E-state index in [1.807, 2.05) is 39.0 Å². The molecule has 0 aromatic heterocycles. The molecule has 0 N–H and O–H groups in total. The van der Waals surface area contributed by atoms with Crippen LogP contribution in [0.4, 0.5) is 4.79 Å². The second-order valence-corrected chi connectivity index (χ2v) is 7.32. The van der Waals surface area contributed by atoms with E-state index in [1.165, 1.54) is 0 Å². The van der Waals surface area contributed by atoms with Gasteiger partial charge in [-0.1, -0.05) is 27.5 Å². The van der Waals surface area contributed by atoms with Crippen molar-refractivity contribution in [3.63, 3.8) is 0 Å². The fraction of sp³-hybridized carbons (Fsp3) is 0.533. The Morgan fingerprint density at radius 3 is 2.76 bits per heavy atom. The van der Waals surface area contributed by atoms with Gasteiger partial charge in [-0.25, -0.2) is 4.79 Å². The summed E-state index contributed by atoms with van der Waals surface area (Å²) in [6.07, 6.45) is -0.327. The van der Waals surface area contributed by atoms with Crippen molar-refractivity contribution in [1.82, 2.24) is 4.90 Å². The number of amides is 1. The van der Waals surface area contributed by atoms with Crippen LogP contribution in [0.25, 0.3) is 0 Å². The molecule has 1 atom stereocenters. The number of ether oxygens (including phenoxy) is 2. The van der Waals surface area contributed by atoms with Crippen molar-refractivity contribution in [1.29, 1.82) is 0 Å². The van der Waals surface area contributed by atoms with Crippen molar-refractivity contribution >= 4 is 33.6 Å². The van der Waals surface area contributed by atoms with Crippen molar-refractivity contribution in [2.75, 3.05) is 19.8 Å². The highest BCUT2D eigenvalue weighted by atomic mass is 79.9. The highest BCUT2D eigenvalue weighted by molar-refractivity contribution is 9.10. The van der Waals surface area contributed by atoms with E-state index in [4.69, 9.17) is 21.1 Å². The first kappa shape index (κ1) is 16.6. The average molecular weight is 377 g/mol. The van der Waals surface area contributed by atoms with Crippen molar-refractivity contribution in [3.8, 4) is 0 Å². The standard InChI is InChI=1S/C15H19BrClNO3/c1-15(2,3)21-14(19)18-4-5-20-9-13(18)10-6-11(16)8-12(17)7-10/h6-8,13H,4-5,9H2,1-3H3. The molecular formula is C15H19BrClNO3. The second-order valence-electron chi connectivity index (χ2n) is 5.97. The summed E-state index contributed by atoms with van der Waals surface area (Å²) in [5, 5.41) is 0.620. The lowest BCUT2D eigenvalue weighted by atomic mass is 10.1. The molecule has 116 valence electrons. The van der Waals surface area contributed by atoms with Gasteiger partial charge in [0.05, 0.1) is 19.3 Å². The number of rotatable bonds is 1. The van der Waals surface area contributed by atoms with Gasteiger partial charge in [-0.2, -0.15) is 0 Å². The zero-order chi connectivity index (χ0) is 15.6. The van der Waals surface area contributed by atoms with E-state index in [2.05, 4.69) is 15.9 Å². The van der Waals surface area contributed by atoms with Crippen LogP contribution in [0.15, 0.2) is 22.7 Å². The minimum atomic E-state index is -0.519. The van der Waals surface area contributed by atoms with Crippen LogP contribution in [0.3, 0.4) is 0 Å². The van der Waals surface area contributed by atoms with Crippen LogP contribution in [0.1, 0.15) is 32.4 Å². The summed E-state index contributed by atoms with van der Waals surface area (Å²) in [6.45, 7) is 7.02. The molecule has 1 saturated heterocycles. The minimum Gasteiger partial charge on any atom is -0.444 e. The first-order valence-electron chi connectivity index (χ1n) is 6.79. The summed E-state index contributed by atoms with van der Waals surface area (Å²) in [4.78, 5) is 14.1. The Morgan fingerprint density at radius 1 is 1.43 bits per heavy atom. The van der Waals surface area contributed by atoms with Crippen molar-refractivity contribution in [3.05, 3.63) is 33.3 Å². The predicted octanol–water partition coefficient (Wildman–Crippen LogP) is 4.41. The Balaban J connectivity index is 2.24. The molecule has 1 amide bonds. The van der Waals surface area contributed by atoms with Crippen LogP contribution < -0.4 is 0 Å². The molecule has 1 heterocycles. The fourth-order valence-corrected chi connectivity index (χ4v) is 3.07. The molecule has 0 radical (unpaired) electrons. The number of benzene rings is 1. The molecule has 21 heavy (non-hydrogen) atoms. The topological polar surface area (TPSA) is 38.8 Å². The van der Waals surface area contributed by atoms with Gasteiger partial charge in [0.2, 0.25) is 0 Å². The normalized spacial score (nSPS) is 19.5. The average Bonchev–Trinajstić information content (AvgIpc) is 2.35. The molecule has 4 nitrogen and oxygen atoms in total. The third kappa shape index (κ3) is 4.59. The molecule has 2 rings (SSSR count). The summed E-state index contributed by atoms with van der Waals surface area (Å²) >= 11 is 9.52. The van der Waals surface area contributed by atoms with E-state index < -0.39 is 5.60 Å². The van der Waals surface area contributed by atoms with Gasteiger partial charge in [0.15, 0.2) is 0 Å². The van der Waals surface area contributed by atoms with Gasteiger partial charge >= 0.3 is 6.09 Å². The van der Waals surface area contributed by atoms with E-state index >= 15 is 0 Å². The van der Waals surface area contributed by atoms with Crippen LogP contribution >= 0.6 is 27.5 Å². The van der Waals surface area contributed by atoms with Crippen LogP contribution in [0, 0.1) is 0 Å². The lowest BCUT2D eigenvalue weighted by Crippen LogP contribution is -2.45. The number of halogens is 2. The smallest absolute Gasteiger partial charge is 0.410 e. The lowest BCUT2D eigenvalue weighted by Gasteiger charge is -2.37. The monoisotopic (exact) mass is 375 g/mol. The molecular weight excluding hydrogens is 358 g/mol. The summed E-state index contributed by atoms with van der Waals surface area (Å²) in [7, 11) is 0. The van der Waals surface area contributed by atoms with Crippen LogP contribution in [0.5, 0.6) is 0 Å². The maximum absolute atomic E-state index is 12.4. The highest BCUT2D eigenvalue weighted by Crippen LogP contribution is 2.30. The molecule has 1 fully saturated rings. The maximum Gasteiger partial charge on any atom is 0.410 e. The Bertz CT molecular complexity index is 510. The van der Waals surface area contributed by atoms with Gasteiger partial charge < -0.3 is 9.47 Å². The number of nitrogens with zero attached hydrogens (tertiary/aromatic N) is 1.